The van der Waals surface area contributed by atoms with Crippen LogP contribution in [-0.4, -0.2) is 29.8 Å². The molecule has 140 valence electrons. The summed E-state index contributed by atoms with van der Waals surface area (Å²) in [6, 6.07) is 3.31. The van der Waals surface area contributed by atoms with Gasteiger partial charge in [0.2, 0.25) is 0 Å². The molecule has 0 unspecified atom stereocenters. The van der Waals surface area contributed by atoms with Crippen molar-refractivity contribution in [2.45, 2.75) is 52.4 Å². The summed E-state index contributed by atoms with van der Waals surface area (Å²) in [6.07, 6.45) is 7.45. The highest BCUT2D eigenvalue weighted by Gasteiger charge is 2.29. The lowest BCUT2D eigenvalue weighted by molar-refractivity contribution is 0.0755. The number of nitrogens with one attached hydrogen (secondary N) is 1. The molecular weight excluding hydrogens is 348 g/mol. The largest absolute Gasteiger partial charge is 0.459 e. The van der Waals surface area contributed by atoms with E-state index in [9.17, 15) is 9.59 Å². The zero-order chi connectivity index (χ0) is 18.5. The summed E-state index contributed by atoms with van der Waals surface area (Å²) in [5, 5.41) is 3.60. The fourth-order valence-electron chi connectivity index (χ4n) is 3.47. The highest BCUT2D eigenvalue weighted by molar-refractivity contribution is 7.17. The van der Waals surface area contributed by atoms with Gasteiger partial charge < -0.3 is 14.6 Å². The number of carbonyl (C=O) groups excluding carboxylic acids is 2. The highest BCUT2D eigenvalue weighted by atomic mass is 32.1. The van der Waals surface area contributed by atoms with E-state index in [-0.39, 0.29) is 17.6 Å². The van der Waals surface area contributed by atoms with Gasteiger partial charge in [0.05, 0.1) is 11.8 Å². The van der Waals surface area contributed by atoms with Gasteiger partial charge in [0.1, 0.15) is 5.00 Å². The fourth-order valence-corrected chi connectivity index (χ4v) is 4.74. The fraction of sp³-hybridized carbons (Fsp3) is 0.500. The number of aryl methyl sites for hydroxylation is 1. The van der Waals surface area contributed by atoms with Gasteiger partial charge in [0.15, 0.2) is 5.76 Å². The van der Waals surface area contributed by atoms with E-state index in [1.54, 1.807) is 23.5 Å². The van der Waals surface area contributed by atoms with Crippen LogP contribution in [0.5, 0.6) is 0 Å². The Morgan fingerprint density at radius 1 is 1.19 bits per heavy atom. The average Bonchev–Trinajstić information content (AvgIpc) is 3.28. The Kier molecular flexibility index (Phi) is 6.14. The standard InChI is InChI=1S/C20H26N2O3S/c1-3-11-22(12-4-2)20(24)17-14-8-5-6-10-16(14)26-19(17)21-18(23)15-9-7-13-25-15/h7,9,13H,3-6,8,10-12H2,1-2H3,(H,21,23). The Morgan fingerprint density at radius 3 is 2.58 bits per heavy atom. The van der Waals surface area contributed by atoms with Crippen LogP contribution in [0, 0.1) is 0 Å². The Labute approximate surface area is 158 Å². The maximum atomic E-state index is 13.3. The van der Waals surface area contributed by atoms with E-state index in [0.717, 1.165) is 57.2 Å². The van der Waals surface area contributed by atoms with Gasteiger partial charge in [0.25, 0.3) is 11.8 Å². The molecule has 1 aliphatic rings. The molecule has 26 heavy (non-hydrogen) atoms. The molecule has 0 saturated carbocycles. The molecule has 3 rings (SSSR count). The lowest BCUT2D eigenvalue weighted by atomic mass is 9.95. The summed E-state index contributed by atoms with van der Waals surface area (Å²) in [6.45, 7) is 5.64. The van der Waals surface area contributed by atoms with Crippen LogP contribution in [-0.2, 0) is 12.8 Å². The Balaban J connectivity index is 1.95. The molecule has 0 spiro atoms. The highest BCUT2D eigenvalue weighted by Crippen LogP contribution is 2.39. The minimum atomic E-state index is -0.305. The smallest absolute Gasteiger partial charge is 0.291 e. The topological polar surface area (TPSA) is 62.6 Å². The third kappa shape index (κ3) is 3.85. The van der Waals surface area contributed by atoms with E-state index in [1.165, 1.54) is 11.1 Å². The van der Waals surface area contributed by atoms with Gasteiger partial charge in [-0.15, -0.1) is 11.3 Å². The third-order valence-corrected chi connectivity index (χ3v) is 5.84. The molecule has 2 amide bonds. The van der Waals surface area contributed by atoms with Crippen molar-refractivity contribution in [2.24, 2.45) is 0 Å². The minimum Gasteiger partial charge on any atom is -0.459 e. The molecule has 6 heteroatoms. The average molecular weight is 375 g/mol. The van der Waals surface area contributed by atoms with Gasteiger partial charge in [-0.05, 0) is 56.2 Å². The zero-order valence-corrected chi connectivity index (χ0v) is 16.3. The zero-order valence-electron chi connectivity index (χ0n) is 15.5. The van der Waals surface area contributed by atoms with Gasteiger partial charge in [0, 0.05) is 18.0 Å². The van der Waals surface area contributed by atoms with Crippen molar-refractivity contribution in [3.05, 3.63) is 40.2 Å². The van der Waals surface area contributed by atoms with E-state index in [1.807, 2.05) is 4.90 Å². The van der Waals surface area contributed by atoms with Gasteiger partial charge in [-0.25, -0.2) is 0 Å². The van der Waals surface area contributed by atoms with Crippen molar-refractivity contribution in [2.75, 3.05) is 18.4 Å². The number of nitrogens with zero attached hydrogens (tertiary/aromatic N) is 1. The van der Waals surface area contributed by atoms with Gasteiger partial charge in [-0.1, -0.05) is 13.8 Å². The third-order valence-electron chi connectivity index (χ3n) is 4.63. The van der Waals surface area contributed by atoms with Crippen LogP contribution in [0.3, 0.4) is 0 Å². The second kappa shape index (κ2) is 8.54. The normalized spacial score (nSPS) is 13.3. The number of fused-ring (bicyclic) bond motifs is 1. The van der Waals surface area contributed by atoms with Crippen LogP contribution in [0.15, 0.2) is 22.8 Å². The number of anilines is 1. The molecule has 2 aromatic rings. The molecule has 2 heterocycles. The Hall–Kier alpha value is -2.08. The first kappa shape index (κ1) is 18.7. The lowest BCUT2D eigenvalue weighted by Crippen LogP contribution is -2.33. The molecule has 2 aromatic heterocycles. The summed E-state index contributed by atoms with van der Waals surface area (Å²) in [4.78, 5) is 28.9. The monoisotopic (exact) mass is 374 g/mol. The summed E-state index contributed by atoms with van der Waals surface area (Å²) >= 11 is 1.55. The van der Waals surface area contributed by atoms with E-state index < -0.39 is 0 Å². The second-order valence-electron chi connectivity index (χ2n) is 6.64. The number of rotatable bonds is 7. The number of thiophene rings is 1. The van der Waals surface area contributed by atoms with Gasteiger partial charge in [-0.3, -0.25) is 9.59 Å². The molecule has 0 saturated heterocycles. The van der Waals surface area contributed by atoms with Crippen molar-refractivity contribution < 1.29 is 14.0 Å². The maximum absolute atomic E-state index is 13.3. The number of hydrogen-bond donors (Lipinski definition) is 1. The first-order valence-electron chi connectivity index (χ1n) is 9.44. The number of carbonyl (C=O) groups is 2. The molecule has 5 nitrogen and oxygen atoms in total. The van der Waals surface area contributed by atoms with E-state index in [2.05, 4.69) is 19.2 Å². The maximum Gasteiger partial charge on any atom is 0.291 e. The van der Waals surface area contributed by atoms with Gasteiger partial charge >= 0.3 is 0 Å². The van der Waals surface area contributed by atoms with E-state index in [4.69, 9.17) is 4.42 Å². The Bertz CT molecular complexity index is 758. The molecule has 0 aliphatic heterocycles. The molecule has 0 fully saturated rings. The molecule has 1 N–H and O–H groups in total. The number of furan rings is 1. The molecule has 0 bridgehead atoms. The van der Waals surface area contributed by atoms with Crippen LogP contribution in [0.4, 0.5) is 5.00 Å². The van der Waals surface area contributed by atoms with Crippen molar-refractivity contribution in [3.8, 4) is 0 Å². The minimum absolute atomic E-state index is 0.0443. The number of amides is 2. The van der Waals surface area contributed by atoms with E-state index >= 15 is 0 Å². The molecule has 1 aliphatic carbocycles. The van der Waals surface area contributed by atoms with Gasteiger partial charge in [-0.2, -0.15) is 0 Å². The predicted octanol–water partition coefficient (Wildman–Crippen LogP) is 4.73. The van der Waals surface area contributed by atoms with Crippen molar-refractivity contribution in [1.29, 1.82) is 0 Å². The van der Waals surface area contributed by atoms with Crippen LogP contribution in [0.2, 0.25) is 0 Å². The van der Waals surface area contributed by atoms with Crippen LogP contribution in [0.25, 0.3) is 0 Å². The van der Waals surface area contributed by atoms with Crippen LogP contribution >= 0.6 is 11.3 Å². The Morgan fingerprint density at radius 2 is 1.92 bits per heavy atom. The van der Waals surface area contributed by atoms with Crippen molar-refractivity contribution >= 4 is 28.2 Å². The molecular formula is C20H26N2O3S. The van der Waals surface area contributed by atoms with E-state index in [0.29, 0.717) is 10.6 Å². The van der Waals surface area contributed by atoms with Crippen LogP contribution < -0.4 is 5.32 Å². The summed E-state index contributed by atoms with van der Waals surface area (Å²) < 4.78 is 5.19. The molecule has 0 atom stereocenters. The molecule has 0 aromatic carbocycles. The lowest BCUT2D eigenvalue weighted by Gasteiger charge is -2.23. The summed E-state index contributed by atoms with van der Waals surface area (Å²) in [7, 11) is 0. The first-order chi connectivity index (χ1) is 12.7. The summed E-state index contributed by atoms with van der Waals surface area (Å²) in [5.41, 5.74) is 1.84. The predicted molar refractivity (Wildman–Crippen MR) is 104 cm³/mol. The van der Waals surface area contributed by atoms with Crippen LogP contribution in [0.1, 0.15) is 70.9 Å². The van der Waals surface area contributed by atoms with Crippen molar-refractivity contribution in [1.82, 2.24) is 4.90 Å². The quantitative estimate of drug-likeness (QED) is 0.762. The summed E-state index contributed by atoms with van der Waals surface area (Å²) in [5.74, 6) is -0.00299. The first-order valence-corrected chi connectivity index (χ1v) is 10.3. The molecule has 0 radical (unpaired) electrons. The number of hydrogen-bond acceptors (Lipinski definition) is 4. The SMILES string of the molecule is CCCN(CCC)C(=O)c1c(NC(=O)c2ccco2)sc2c1CCCC2. The van der Waals surface area contributed by atoms with Crippen molar-refractivity contribution in [3.63, 3.8) is 0 Å². The second-order valence-corrected chi connectivity index (χ2v) is 7.74.